The summed E-state index contributed by atoms with van der Waals surface area (Å²) in [6.45, 7) is 5.37. The molecule has 0 aromatic heterocycles. The van der Waals surface area contributed by atoms with Crippen molar-refractivity contribution >= 4 is 16.0 Å². The van der Waals surface area contributed by atoms with Crippen LogP contribution in [0.4, 0.5) is 0 Å². The van der Waals surface area contributed by atoms with Crippen LogP contribution in [0.15, 0.2) is 34.2 Å². The molecule has 8 nitrogen and oxygen atoms in total. The molecule has 0 unspecified atom stereocenters. The van der Waals surface area contributed by atoms with Gasteiger partial charge in [0.15, 0.2) is 5.96 Å². The van der Waals surface area contributed by atoms with Crippen molar-refractivity contribution in [2.24, 2.45) is 10.4 Å². The third-order valence-electron chi connectivity index (χ3n) is 5.45. The van der Waals surface area contributed by atoms with E-state index in [-0.39, 0.29) is 16.9 Å². The first-order valence-corrected chi connectivity index (χ1v) is 12.0. The molecule has 0 aliphatic heterocycles. The lowest BCUT2D eigenvalue weighted by atomic mass is 9.67. The molecule has 170 valence electrons. The molecule has 0 saturated heterocycles. The maximum atomic E-state index is 12.4. The van der Waals surface area contributed by atoms with Crippen LogP contribution in [0.3, 0.4) is 0 Å². The smallest absolute Gasteiger partial charge is 0.240 e. The van der Waals surface area contributed by atoms with Gasteiger partial charge >= 0.3 is 0 Å². The second-order valence-electron chi connectivity index (χ2n) is 7.68. The van der Waals surface area contributed by atoms with Crippen LogP contribution in [0.2, 0.25) is 0 Å². The lowest BCUT2D eigenvalue weighted by molar-refractivity contribution is 0.0732. The van der Waals surface area contributed by atoms with Gasteiger partial charge in [-0.05, 0) is 49.3 Å². The second-order valence-corrected chi connectivity index (χ2v) is 9.45. The average Bonchev–Trinajstić information content (AvgIpc) is 2.71. The fourth-order valence-corrected chi connectivity index (χ4v) is 4.55. The molecule has 1 aliphatic carbocycles. The number of nitrogens with one attached hydrogen (secondary N) is 3. The monoisotopic (exact) mass is 440 g/mol. The molecule has 1 aromatic rings. The van der Waals surface area contributed by atoms with Gasteiger partial charge in [-0.2, -0.15) is 0 Å². The highest BCUT2D eigenvalue weighted by Gasteiger charge is 2.36. The highest BCUT2D eigenvalue weighted by atomic mass is 32.2. The summed E-state index contributed by atoms with van der Waals surface area (Å²) < 4.78 is 37.5. The summed E-state index contributed by atoms with van der Waals surface area (Å²) in [7, 11) is -0.282. The number of aliphatic imine (C=N–C) groups is 1. The minimum atomic E-state index is -3.56. The first-order valence-electron chi connectivity index (χ1n) is 10.5. The summed E-state index contributed by atoms with van der Waals surface area (Å²) in [6, 6.07) is 6.87. The minimum Gasteiger partial charge on any atom is -0.385 e. The van der Waals surface area contributed by atoms with Crippen LogP contribution >= 0.6 is 0 Å². The molecule has 1 fully saturated rings. The summed E-state index contributed by atoms with van der Waals surface area (Å²) in [5.41, 5.74) is 1.12. The van der Waals surface area contributed by atoms with Gasteiger partial charge in [-0.25, -0.2) is 18.1 Å². The summed E-state index contributed by atoms with van der Waals surface area (Å²) >= 11 is 0. The Morgan fingerprint density at radius 3 is 2.57 bits per heavy atom. The van der Waals surface area contributed by atoms with Gasteiger partial charge in [-0.1, -0.05) is 18.6 Å². The van der Waals surface area contributed by atoms with E-state index in [1.54, 1.807) is 25.3 Å². The van der Waals surface area contributed by atoms with Crippen molar-refractivity contribution < 1.29 is 17.9 Å². The van der Waals surface area contributed by atoms with E-state index in [0.717, 1.165) is 37.6 Å². The maximum absolute atomic E-state index is 12.4. The van der Waals surface area contributed by atoms with E-state index in [9.17, 15) is 8.42 Å². The second kappa shape index (κ2) is 12.2. The minimum absolute atomic E-state index is 0.234. The van der Waals surface area contributed by atoms with Crippen molar-refractivity contribution in [3.05, 3.63) is 29.8 Å². The van der Waals surface area contributed by atoms with Crippen LogP contribution in [0.25, 0.3) is 0 Å². The van der Waals surface area contributed by atoms with Crippen molar-refractivity contribution in [1.29, 1.82) is 0 Å². The molecule has 2 rings (SSSR count). The molecule has 9 heteroatoms. The number of ether oxygens (including phenoxy) is 2. The van der Waals surface area contributed by atoms with Crippen LogP contribution < -0.4 is 15.4 Å². The fourth-order valence-electron chi connectivity index (χ4n) is 3.47. The summed E-state index contributed by atoms with van der Waals surface area (Å²) in [5.74, 6) is 0.743. The molecule has 30 heavy (non-hydrogen) atoms. The zero-order valence-corrected chi connectivity index (χ0v) is 19.2. The molecule has 1 aliphatic rings. The SMILES string of the molecule is CCNC(=NCc1cccc(S(=O)(=O)NCCOC)c1)NCC1(CCOC)CCC1. The third kappa shape index (κ3) is 7.54. The quantitative estimate of drug-likeness (QED) is 0.246. The number of benzene rings is 1. The molecule has 1 aromatic carbocycles. The Morgan fingerprint density at radius 1 is 1.17 bits per heavy atom. The van der Waals surface area contributed by atoms with Crippen molar-refractivity contribution in [3.63, 3.8) is 0 Å². The lowest BCUT2D eigenvalue weighted by Gasteiger charge is -2.42. The number of rotatable bonds is 13. The topological polar surface area (TPSA) is 101 Å². The molecule has 0 atom stereocenters. The Hall–Kier alpha value is -1.68. The van der Waals surface area contributed by atoms with Gasteiger partial charge in [0.05, 0.1) is 18.0 Å². The molecule has 0 amide bonds. The van der Waals surface area contributed by atoms with E-state index >= 15 is 0 Å². The summed E-state index contributed by atoms with van der Waals surface area (Å²) in [5, 5.41) is 6.73. The number of guanidine groups is 1. The Kier molecular flexibility index (Phi) is 10.0. The van der Waals surface area contributed by atoms with E-state index in [1.165, 1.54) is 26.4 Å². The third-order valence-corrected chi connectivity index (χ3v) is 6.91. The molecule has 3 N–H and O–H groups in total. The lowest BCUT2D eigenvalue weighted by Crippen LogP contribution is -2.46. The summed E-state index contributed by atoms with van der Waals surface area (Å²) in [6.07, 6.45) is 4.72. The maximum Gasteiger partial charge on any atom is 0.240 e. The first kappa shape index (κ1) is 24.6. The predicted molar refractivity (Wildman–Crippen MR) is 119 cm³/mol. The van der Waals surface area contributed by atoms with E-state index in [1.807, 2.05) is 13.0 Å². The van der Waals surface area contributed by atoms with Crippen LogP contribution in [0, 0.1) is 5.41 Å². The molecule has 0 heterocycles. The zero-order chi connectivity index (χ0) is 21.9. The standard InChI is InChI=1S/C21H36N4O4S/c1-4-22-20(24-17-21(9-6-10-21)11-13-28-2)23-16-18-7-5-8-19(15-18)30(26,27)25-12-14-29-3/h5,7-8,15,25H,4,6,9-14,16-17H2,1-3H3,(H2,22,23,24). The van der Waals surface area contributed by atoms with Gasteiger partial charge in [0, 0.05) is 40.5 Å². The normalized spacial score (nSPS) is 16.2. The first-order chi connectivity index (χ1) is 14.4. The molecule has 0 spiro atoms. The Balaban J connectivity index is 2.00. The predicted octanol–water partition coefficient (Wildman–Crippen LogP) is 1.87. The van der Waals surface area contributed by atoms with Crippen LogP contribution in [0.1, 0.15) is 38.2 Å². The van der Waals surface area contributed by atoms with Crippen molar-refractivity contribution in [2.45, 2.75) is 44.0 Å². The van der Waals surface area contributed by atoms with Gasteiger partial charge in [0.1, 0.15) is 0 Å². The van der Waals surface area contributed by atoms with Gasteiger partial charge in [-0.3, -0.25) is 0 Å². The van der Waals surface area contributed by atoms with Crippen molar-refractivity contribution in [1.82, 2.24) is 15.4 Å². The van der Waals surface area contributed by atoms with Crippen LogP contribution in [-0.2, 0) is 26.0 Å². The average molecular weight is 441 g/mol. The Labute approximate surface area is 180 Å². The van der Waals surface area contributed by atoms with Crippen LogP contribution in [0.5, 0.6) is 0 Å². The fraction of sp³-hybridized carbons (Fsp3) is 0.667. The summed E-state index contributed by atoms with van der Waals surface area (Å²) in [4.78, 5) is 4.89. The molecule has 0 bridgehead atoms. The van der Waals surface area contributed by atoms with Crippen molar-refractivity contribution in [3.8, 4) is 0 Å². The van der Waals surface area contributed by atoms with Gasteiger partial charge in [-0.15, -0.1) is 0 Å². The number of nitrogens with zero attached hydrogens (tertiary/aromatic N) is 1. The van der Waals surface area contributed by atoms with E-state index in [4.69, 9.17) is 9.47 Å². The van der Waals surface area contributed by atoms with Crippen LogP contribution in [-0.4, -0.2) is 61.4 Å². The number of methoxy groups -OCH3 is 2. The highest BCUT2D eigenvalue weighted by molar-refractivity contribution is 7.89. The van der Waals surface area contributed by atoms with E-state index < -0.39 is 10.0 Å². The number of hydrogen-bond acceptors (Lipinski definition) is 5. The largest absolute Gasteiger partial charge is 0.385 e. The number of hydrogen-bond donors (Lipinski definition) is 3. The Bertz CT molecular complexity index is 779. The Morgan fingerprint density at radius 2 is 1.93 bits per heavy atom. The number of sulfonamides is 1. The van der Waals surface area contributed by atoms with Gasteiger partial charge in [0.25, 0.3) is 0 Å². The molecule has 0 radical (unpaired) electrons. The zero-order valence-electron chi connectivity index (χ0n) is 18.4. The van der Waals surface area contributed by atoms with Gasteiger partial charge < -0.3 is 20.1 Å². The molecule has 1 saturated carbocycles. The van der Waals surface area contributed by atoms with Gasteiger partial charge in [0.2, 0.25) is 10.0 Å². The molecular formula is C21H36N4O4S. The van der Waals surface area contributed by atoms with Crippen molar-refractivity contribution in [2.75, 3.05) is 47.1 Å². The molecular weight excluding hydrogens is 404 g/mol. The van der Waals surface area contributed by atoms with E-state index in [2.05, 4.69) is 20.3 Å². The van der Waals surface area contributed by atoms with E-state index in [0.29, 0.717) is 13.2 Å². The highest BCUT2D eigenvalue weighted by Crippen LogP contribution is 2.43.